The van der Waals surface area contributed by atoms with Gasteiger partial charge in [0.25, 0.3) is 0 Å². The van der Waals surface area contributed by atoms with E-state index in [9.17, 15) is 9.59 Å². The molecule has 6 heteroatoms. The SMILES string of the molecule is CCOc1ccc(C(C)NC(=O)CCCNC(=O)C(C)(C)N)cc1. The fourth-order valence-corrected chi connectivity index (χ4v) is 2.10. The Morgan fingerprint density at radius 1 is 1.25 bits per heavy atom. The molecule has 1 aromatic rings. The van der Waals surface area contributed by atoms with Crippen molar-refractivity contribution in [2.45, 2.75) is 52.1 Å². The average Bonchev–Trinajstić information content (AvgIpc) is 2.51. The summed E-state index contributed by atoms with van der Waals surface area (Å²) in [4.78, 5) is 23.6. The van der Waals surface area contributed by atoms with E-state index in [2.05, 4.69) is 10.6 Å². The molecule has 4 N–H and O–H groups in total. The van der Waals surface area contributed by atoms with Gasteiger partial charge in [0.2, 0.25) is 11.8 Å². The lowest BCUT2D eigenvalue weighted by Crippen LogP contribution is -2.49. The number of rotatable bonds is 9. The van der Waals surface area contributed by atoms with E-state index >= 15 is 0 Å². The largest absolute Gasteiger partial charge is 0.494 e. The molecule has 0 fully saturated rings. The Bertz CT molecular complexity index is 535. The quantitative estimate of drug-likeness (QED) is 0.601. The lowest BCUT2D eigenvalue weighted by Gasteiger charge is -2.18. The number of hydrogen-bond donors (Lipinski definition) is 3. The molecule has 0 aromatic heterocycles. The summed E-state index contributed by atoms with van der Waals surface area (Å²) in [5.41, 5.74) is 5.80. The molecule has 1 rings (SSSR count). The van der Waals surface area contributed by atoms with Gasteiger partial charge in [-0.25, -0.2) is 0 Å². The number of nitrogens with two attached hydrogens (primary N) is 1. The Kier molecular flexibility index (Phi) is 7.71. The number of carbonyl (C=O) groups excluding carboxylic acids is 2. The maximum atomic E-state index is 12.0. The summed E-state index contributed by atoms with van der Waals surface area (Å²) in [7, 11) is 0. The molecule has 0 radical (unpaired) electrons. The van der Waals surface area contributed by atoms with Crippen molar-refractivity contribution in [3.8, 4) is 5.75 Å². The Morgan fingerprint density at radius 3 is 2.42 bits per heavy atom. The topological polar surface area (TPSA) is 93.5 Å². The molecule has 0 saturated carbocycles. The molecular formula is C18H29N3O3. The van der Waals surface area contributed by atoms with Crippen LogP contribution in [0.15, 0.2) is 24.3 Å². The molecule has 1 atom stereocenters. The average molecular weight is 335 g/mol. The monoisotopic (exact) mass is 335 g/mol. The third kappa shape index (κ3) is 7.00. The summed E-state index contributed by atoms with van der Waals surface area (Å²) >= 11 is 0. The number of amides is 2. The van der Waals surface area contributed by atoms with Crippen molar-refractivity contribution in [3.63, 3.8) is 0 Å². The first-order valence-electron chi connectivity index (χ1n) is 8.33. The Labute approximate surface area is 144 Å². The lowest BCUT2D eigenvalue weighted by atomic mass is 10.1. The van der Waals surface area contributed by atoms with Gasteiger partial charge in [-0.15, -0.1) is 0 Å². The molecular weight excluding hydrogens is 306 g/mol. The predicted molar refractivity (Wildman–Crippen MR) is 94.7 cm³/mol. The van der Waals surface area contributed by atoms with Gasteiger partial charge in [0.1, 0.15) is 5.75 Å². The first-order valence-corrected chi connectivity index (χ1v) is 8.33. The minimum Gasteiger partial charge on any atom is -0.494 e. The van der Waals surface area contributed by atoms with E-state index in [4.69, 9.17) is 10.5 Å². The summed E-state index contributed by atoms with van der Waals surface area (Å²) < 4.78 is 5.40. The molecule has 0 heterocycles. The molecule has 134 valence electrons. The highest BCUT2D eigenvalue weighted by Crippen LogP contribution is 2.17. The van der Waals surface area contributed by atoms with Crippen LogP contribution in [0.1, 0.15) is 52.1 Å². The maximum Gasteiger partial charge on any atom is 0.239 e. The van der Waals surface area contributed by atoms with E-state index < -0.39 is 5.54 Å². The molecule has 0 aliphatic heterocycles. The molecule has 0 saturated heterocycles. The highest BCUT2D eigenvalue weighted by Gasteiger charge is 2.20. The molecule has 2 amide bonds. The van der Waals surface area contributed by atoms with Gasteiger partial charge in [-0.05, 0) is 51.8 Å². The second-order valence-electron chi connectivity index (χ2n) is 6.37. The van der Waals surface area contributed by atoms with Crippen LogP contribution < -0.4 is 21.1 Å². The van der Waals surface area contributed by atoms with E-state index in [1.807, 2.05) is 38.1 Å². The molecule has 6 nitrogen and oxygen atoms in total. The molecule has 0 aliphatic rings. The molecule has 0 spiro atoms. The van der Waals surface area contributed by atoms with Gasteiger partial charge in [-0.2, -0.15) is 0 Å². The molecule has 24 heavy (non-hydrogen) atoms. The van der Waals surface area contributed by atoms with Crippen molar-refractivity contribution in [1.29, 1.82) is 0 Å². The molecule has 1 aromatic carbocycles. The zero-order chi connectivity index (χ0) is 18.2. The summed E-state index contributed by atoms with van der Waals surface area (Å²) in [6.45, 7) is 8.23. The van der Waals surface area contributed by atoms with Crippen molar-refractivity contribution in [3.05, 3.63) is 29.8 Å². The predicted octanol–water partition coefficient (Wildman–Crippen LogP) is 1.90. The second-order valence-corrected chi connectivity index (χ2v) is 6.37. The van der Waals surface area contributed by atoms with Gasteiger partial charge in [-0.3, -0.25) is 9.59 Å². The van der Waals surface area contributed by atoms with Gasteiger partial charge < -0.3 is 21.1 Å². The minimum atomic E-state index is -0.898. The number of benzene rings is 1. The van der Waals surface area contributed by atoms with E-state index in [0.29, 0.717) is 26.0 Å². The zero-order valence-corrected chi connectivity index (χ0v) is 15.0. The lowest BCUT2D eigenvalue weighted by molar-refractivity contribution is -0.126. The van der Waals surface area contributed by atoms with E-state index in [-0.39, 0.29) is 17.9 Å². The first-order chi connectivity index (χ1) is 11.2. The fourth-order valence-electron chi connectivity index (χ4n) is 2.10. The van der Waals surface area contributed by atoms with Crippen LogP contribution in [0.3, 0.4) is 0 Å². The van der Waals surface area contributed by atoms with Crippen molar-refractivity contribution in [2.24, 2.45) is 5.73 Å². The van der Waals surface area contributed by atoms with Crippen LogP contribution in [0.4, 0.5) is 0 Å². The highest BCUT2D eigenvalue weighted by molar-refractivity contribution is 5.85. The highest BCUT2D eigenvalue weighted by atomic mass is 16.5. The standard InChI is InChI=1S/C18H29N3O3/c1-5-24-15-10-8-14(9-11-15)13(2)21-16(22)7-6-12-20-17(23)18(3,4)19/h8-11,13H,5-7,12,19H2,1-4H3,(H,20,23)(H,21,22). The normalized spacial score (nSPS) is 12.4. The van der Waals surface area contributed by atoms with Crippen LogP contribution in [-0.2, 0) is 9.59 Å². The van der Waals surface area contributed by atoms with Gasteiger partial charge in [0, 0.05) is 13.0 Å². The summed E-state index contributed by atoms with van der Waals surface area (Å²) in [6, 6.07) is 7.60. The Hall–Kier alpha value is -2.08. The third-order valence-electron chi connectivity index (χ3n) is 3.52. The second kappa shape index (κ2) is 9.27. The van der Waals surface area contributed by atoms with Gasteiger partial charge >= 0.3 is 0 Å². The van der Waals surface area contributed by atoms with Crippen molar-refractivity contribution in [2.75, 3.05) is 13.2 Å². The van der Waals surface area contributed by atoms with Crippen LogP contribution in [0, 0.1) is 0 Å². The molecule has 0 bridgehead atoms. The van der Waals surface area contributed by atoms with Crippen LogP contribution in [-0.4, -0.2) is 30.5 Å². The van der Waals surface area contributed by atoms with Crippen LogP contribution in [0.2, 0.25) is 0 Å². The minimum absolute atomic E-state index is 0.0438. The number of carbonyl (C=O) groups is 2. The number of nitrogens with one attached hydrogen (secondary N) is 2. The van der Waals surface area contributed by atoms with Gasteiger partial charge in [0.15, 0.2) is 0 Å². The van der Waals surface area contributed by atoms with Crippen LogP contribution in [0.25, 0.3) is 0 Å². The van der Waals surface area contributed by atoms with Gasteiger partial charge in [0.05, 0.1) is 18.2 Å². The Morgan fingerprint density at radius 2 is 1.88 bits per heavy atom. The number of ether oxygens (including phenoxy) is 1. The smallest absolute Gasteiger partial charge is 0.239 e. The van der Waals surface area contributed by atoms with E-state index in [0.717, 1.165) is 11.3 Å². The third-order valence-corrected chi connectivity index (χ3v) is 3.52. The van der Waals surface area contributed by atoms with Crippen molar-refractivity contribution < 1.29 is 14.3 Å². The van der Waals surface area contributed by atoms with Crippen LogP contribution in [0.5, 0.6) is 5.75 Å². The molecule has 0 aliphatic carbocycles. The number of hydrogen-bond acceptors (Lipinski definition) is 4. The van der Waals surface area contributed by atoms with E-state index in [1.165, 1.54) is 0 Å². The fraction of sp³-hybridized carbons (Fsp3) is 0.556. The maximum absolute atomic E-state index is 12.0. The van der Waals surface area contributed by atoms with E-state index in [1.54, 1.807) is 13.8 Å². The zero-order valence-electron chi connectivity index (χ0n) is 15.0. The van der Waals surface area contributed by atoms with Crippen molar-refractivity contribution in [1.82, 2.24) is 10.6 Å². The van der Waals surface area contributed by atoms with Crippen LogP contribution >= 0.6 is 0 Å². The molecule has 1 unspecified atom stereocenters. The van der Waals surface area contributed by atoms with Gasteiger partial charge in [-0.1, -0.05) is 12.1 Å². The Balaban J connectivity index is 2.32. The van der Waals surface area contributed by atoms with Crippen molar-refractivity contribution >= 4 is 11.8 Å². The summed E-state index contributed by atoms with van der Waals surface area (Å²) in [6.07, 6.45) is 0.927. The summed E-state index contributed by atoms with van der Waals surface area (Å²) in [5, 5.41) is 5.67. The first kappa shape index (κ1) is 20.0. The summed E-state index contributed by atoms with van der Waals surface area (Å²) in [5.74, 6) is 0.557.